The van der Waals surface area contributed by atoms with Gasteiger partial charge in [0.2, 0.25) is 0 Å². The monoisotopic (exact) mass is 532 g/mol. The standard InChI is InChI=1S/C27H27Si.3ClH.Ti/c1-27(2,3)22-19-20-26(21-22)28(23-13-7-4-8-14-23,24-15-9-5-10-16-24)25-17-11-6-12-18-25;;;;/h4-21H,1-3H3;3*1H;/q-1;;;;+4/p-3. The number of benzene rings is 3. The van der Waals surface area contributed by atoms with Gasteiger partial charge >= 0.3 is 21.7 Å². The molecular formula is C27H27Cl3SiTi. The Balaban J connectivity index is 0.00000240. The quantitative estimate of drug-likeness (QED) is 0.140. The molecular weight excluding hydrogens is 507 g/mol. The van der Waals surface area contributed by atoms with Crippen LogP contribution in [0.1, 0.15) is 26.3 Å². The Labute approximate surface area is 227 Å². The van der Waals surface area contributed by atoms with Crippen molar-refractivity contribution in [2.75, 3.05) is 0 Å². The topological polar surface area (TPSA) is 0 Å². The van der Waals surface area contributed by atoms with Crippen molar-refractivity contribution in [2.24, 2.45) is 0 Å². The molecule has 0 atom stereocenters. The van der Waals surface area contributed by atoms with E-state index in [4.69, 9.17) is 0 Å². The molecule has 0 aromatic heterocycles. The predicted octanol–water partition coefficient (Wildman–Crippen LogP) is -4.91. The Morgan fingerprint density at radius 1 is 0.562 bits per heavy atom. The summed E-state index contributed by atoms with van der Waals surface area (Å²) in [5.41, 5.74) is 1.55. The van der Waals surface area contributed by atoms with Gasteiger partial charge < -0.3 is 37.2 Å². The Hall–Kier alpha value is -1.19. The average Bonchev–Trinajstić information content (AvgIpc) is 3.22. The summed E-state index contributed by atoms with van der Waals surface area (Å²) in [5.74, 6) is 0. The number of halogens is 3. The normalized spacial score (nSPS) is 10.6. The summed E-state index contributed by atoms with van der Waals surface area (Å²) in [6.45, 7) is 6.88. The van der Waals surface area contributed by atoms with Gasteiger partial charge in [0.1, 0.15) is 8.07 Å². The maximum atomic E-state index is 2.46. The summed E-state index contributed by atoms with van der Waals surface area (Å²) in [6.07, 6.45) is 0. The molecule has 4 aromatic rings. The number of hydrogen-bond donors (Lipinski definition) is 0. The van der Waals surface area contributed by atoms with Crippen LogP contribution in [0.2, 0.25) is 0 Å². The van der Waals surface area contributed by atoms with Crippen molar-refractivity contribution in [3.8, 4) is 0 Å². The molecule has 0 heterocycles. The molecule has 0 spiro atoms. The smallest absolute Gasteiger partial charge is 1.00 e. The van der Waals surface area contributed by atoms with E-state index < -0.39 is 8.07 Å². The van der Waals surface area contributed by atoms with Crippen LogP contribution in [0.25, 0.3) is 0 Å². The average molecular weight is 534 g/mol. The van der Waals surface area contributed by atoms with E-state index >= 15 is 0 Å². The molecule has 0 N–H and O–H groups in total. The zero-order chi connectivity index (χ0) is 19.6. The molecule has 0 aliphatic carbocycles. The van der Waals surface area contributed by atoms with Gasteiger partial charge in [-0.15, -0.1) is 5.19 Å². The molecule has 0 fully saturated rings. The van der Waals surface area contributed by atoms with Crippen LogP contribution in [0.15, 0.2) is 109 Å². The van der Waals surface area contributed by atoms with Crippen molar-refractivity contribution in [3.63, 3.8) is 0 Å². The third-order valence-corrected chi connectivity index (χ3v) is 10.4. The Morgan fingerprint density at radius 3 is 1.19 bits per heavy atom. The van der Waals surface area contributed by atoms with Gasteiger partial charge in [0.15, 0.2) is 0 Å². The minimum Gasteiger partial charge on any atom is -1.00 e. The Kier molecular flexibility index (Phi) is 12.4. The second kappa shape index (κ2) is 12.9. The molecule has 0 amide bonds. The predicted molar refractivity (Wildman–Crippen MR) is 124 cm³/mol. The van der Waals surface area contributed by atoms with Crippen LogP contribution in [0.5, 0.6) is 0 Å². The van der Waals surface area contributed by atoms with Crippen molar-refractivity contribution >= 4 is 28.8 Å². The van der Waals surface area contributed by atoms with Crippen molar-refractivity contribution in [3.05, 3.63) is 115 Å². The first-order valence-corrected chi connectivity index (χ1v) is 12.0. The molecule has 0 nitrogen and oxygen atoms in total. The van der Waals surface area contributed by atoms with E-state index in [1.54, 1.807) is 0 Å². The molecule has 0 aliphatic rings. The summed E-state index contributed by atoms with van der Waals surface area (Å²) in [6, 6.07) is 40.5. The molecule has 0 unspecified atom stereocenters. The SMILES string of the molecule is CC(C)(C)c1cc[c-]([Si](c2ccccc2)(c2ccccc2)c2ccccc2)c1.[Cl-].[Cl-].[Cl-].[Ti+4]. The largest absolute Gasteiger partial charge is 4.00 e. The first-order chi connectivity index (χ1) is 13.5. The molecule has 0 radical (unpaired) electrons. The molecule has 4 rings (SSSR count). The van der Waals surface area contributed by atoms with Gasteiger partial charge in [-0.25, -0.2) is 6.07 Å². The maximum Gasteiger partial charge on any atom is 4.00 e. The Bertz CT molecular complexity index is 946. The van der Waals surface area contributed by atoms with Crippen LogP contribution >= 0.6 is 0 Å². The third-order valence-electron chi connectivity index (χ3n) is 5.67. The van der Waals surface area contributed by atoms with Crippen LogP contribution < -0.4 is 58.0 Å². The van der Waals surface area contributed by atoms with Gasteiger partial charge in [-0.2, -0.15) is 17.7 Å². The first kappa shape index (κ1) is 30.8. The molecule has 164 valence electrons. The van der Waals surface area contributed by atoms with Crippen LogP contribution in [0, 0.1) is 0 Å². The van der Waals surface area contributed by atoms with Gasteiger partial charge in [0, 0.05) is 0 Å². The molecule has 0 saturated heterocycles. The van der Waals surface area contributed by atoms with Crippen LogP contribution in [-0.2, 0) is 27.1 Å². The van der Waals surface area contributed by atoms with E-state index in [1.807, 2.05) is 0 Å². The number of hydrogen-bond acceptors (Lipinski definition) is 0. The fraction of sp³-hybridized carbons (Fsp3) is 0.148. The van der Waals surface area contributed by atoms with Crippen molar-refractivity contribution < 1.29 is 58.9 Å². The van der Waals surface area contributed by atoms with Gasteiger partial charge in [-0.05, 0) is 0 Å². The molecule has 0 saturated carbocycles. The van der Waals surface area contributed by atoms with E-state index in [0.717, 1.165) is 0 Å². The second-order valence-electron chi connectivity index (χ2n) is 8.49. The van der Waals surface area contributed by atoms with Gasteiger partial charge in [-0.1, -0.05) is 133 Å². The number of rotatable bonds is 4. The first-order valence-electron chi connectivity index (χ1n) is 9.97. The molecule has 32 heavy (non-hydrogen) atoms. The summed E-state index contributed by atoms with van der Waals surface area (Å²) >= 11 is 0. The van der Waals surface area contributed by atoms with Crippen molar-refractivity contribution in [2.45, 2.75) is 26.2 Å². The zero-order valence-electron chi connectivity index (χ0n) is 18.5. The minimum absolute atomic E-state index is 0. The van der Waals surface area contributed by atoms with Gasteiger partial charge in [0.05, 0.1) is 0 Å². The molecule has 4 aromatic carbocycles. The van der Waals surface area contributed by atoms with Crippen LogP contribution in [-0.4, -0.2) is 8.07 Å². The van der Waals surface area contributed by atoms with Crippen LogP contribution in [0.4, 0.5) is 0 Å². The Morgan fingerprint density at radius 2 is 0.906 bits per heavy atom. The fourth-order valence-electron chi connectivity index (χ4n) is 4.21. The minimum atomic E-state index is -2.36. The molecule has 5 heteroatoms. The summed E-state index contributed by atoms with van der Waals surface area (Å²) in [7, 11) is -2.36. The molecule has 0 aliphatic heterocycles. The fourth-order valence-corrected chi connectivity index (χ4v) is 8.99. The summed E-state index contributed by atoms with van der Waals surface area (Å²) in [5, 5.41) is 5.75. The van der Waals surface area contributed by atoms with E-state index in [9.17, 15) is 0 Å². The van der Waals surface area contributed by atoms with Crippen molar-refractivity contribution in [1.29, 1.82) is 0 Å². The van der Waals surface area contributed by atoms with Gasteiger partial charge in [-0.3, -0.25) is 0 Å². The third kappa shape index (κ3) is 5.83. The molecule has 0 bridgehead atoms. The van der Waals surface area contributed by atoms with E-state index in [2.05, 4.69) is 130 Å². The summed E-state index contributed by atoms with van der Waals surface area (Å²) < 4.78 is 0. The van der Waals surface area contributed by atoms with Crippen LogP contribution in [0.3, 0.4) is 0 Å². The van der Waals surface area contributed by atoms with E-state index in [1.165, 1.54) is 26.3 Å². The zero-order valence-corrected chi connectivity index (χ0v) is 23.4. The summed E-state index contributed by atoms with van der Waals surface area (Å²) in [4.78, 5) is 0. The second-order valence-corrected chi connectivity index (χ2v) is 12.3. The van der Waals surface area contributed by atoms with E-state index in [0.29, 0.717) is 0 Å². The van der Waals surface area contributed by atoms with Gasteiger partial charge in [0.25, 0.3) is 0 Å². The maximum absolute atomic E-state index is 2.46. The van der Waals surface area contributed by atoms with E-state index in [-0.39, 0.29) is 64.4 Å². The van der Waals surface area contributed by atoms with Crippen molar-refractivity contribution in [1.82, 2.24) is 0 Å².